The molecular formula is C9H12N2O4S. The lowest BCUT2D eigenvalue weighted by molar-refractivity contribution is -0.458. The summed E-state index contributed by atoms with van der Waals surface area (Å²) in [4.78, 5) is 11.1. The van der Waals surface area contributed by atoms with E-state index in [1.54, 1.807) is 12.1 Å². The average molecular weight is 244 g/mol. The topological polar surface area (TPSA) is 80.5 Å². The van der Waals surface area contributed by atoms with E-state index in [-0.39, 0.29) is 4.90 Å². The Morgan fingerprint density at radius 2 is 1.75 bits per heavy atom. The summed E-state index contributed by atoms with van der Waals surface area (Å²) in [7, 11) is -0.180. The van der Waals surface area contributed by atoms with Crippen LogP contribution < -0.4 is 4.90 Å². The fourth-order valence-corrected chi connectivity index (χ4v) is 2.14. The molecule has 0 saturated carbocycles. The minimum absolute atomic E-state index is 0.0326. The van der Waals surface area contributed by atoms with E-state index >= 15 is 0 Å². The van der Waals surface area contributed by atoms with Gasteiger partial charge in [0.2, 0.25) is 9.84 Å². The molecule has 0 amide bonds. The molecule has 0 aromatic heterocycles. The molecule has 0 atom stereocenters. The summed E-state index contributed by atoms with van der Waals surface area (Å²) < 4.78 is 22.9. The van der Waals surface area contributed by atoms with Crippen molar-refractivity contribution in [3.63, 3.8) is 0 Å². The highest BCUT2D eigenvalue weighted by Gasteiger charge is 2.20. The largest absolute Gasteiger partial charge is 0.378 e. The van der Waals surface area contributed by atoms with E-state index in [4.69, 9.17) is 0 Å². The van der Waals surface area contributed by atoms with Crippen molar-refractivity contribution in [3.05, 3.63) is 34.4 Å². The Morgan fingerprint density at radius 3 is 2.12 bits per heavy atom. The number of benzene rings is 1. The lowest BCUT2D eigenvalue weighted by Gasteiger charge is -2.12. The van der Waals surface area contributed by atoms with E-state index in [0.717, 1.165) is 5.69 Å². The van der Waals surface area contributed by atoms with Crippen molar-refractivity contribution in [2.24, 2.45) is 0 Å². The Kier molecular flexibility index (Phi) is 3.48. The van der Waals surface area contributed by atoms with Crippen LogP contribution in [0.15, 0.2) is 29.2 Å². The van der Waals surface area contributed by atoms with Gasteiger partial charge in [-0.25, -0.2) is 8.42 Å². The van der Waals surface area contributed by atoms with Crippen LogP contribution in [0.5, 0.6) is 0 Å². The fraction of sp³-hybridized carbons (Fsp3) is 0.333. The number of nitro groups is 1. The first kappa shape index (κ1) is 12.4. The van der Waals surface area contributed by atoms with E-state index < -0.39 is 20.6 Å². The van der Waals surface area contributed by atoms with Crippen molar-refractivity contribution >= 4 is 15.5 Å². The van der Waals surface area contributed by atoms with Crippen molar-refractivity contribution in [2.45, 2.75) is 4.90 Å². The molecule has 1 aromatic rings. The number of anilines is 1. The molecule has 16 heavy (non-hydrogen) atoms. The zero-order valence-electron chi connectivity index (χ0n) is 8.95. The van der Waals surface area contributed by atoms with Gasteiger partial charge in [0, 0.05) is 24.7 Å². The molecular weight excluding hydrogens is 232 g/mol. The van der Waals surface area contributed by atoms with Gasteiger partial charge in [0.25, 0.3) is 0 Å². The molecule has 0 aliphatic heterocycles. The van der Waals surface area contributed by atoms with Crippen LogP contribution in [-0.2, 0) is 9.84 Å². The van der Waals surface area contributed by atoms with Gasteiger partial charge in [0.1, 0.15) is 0 Å². The molecule has 1 aromatic carbocycles. The van der Waals surface area contributed by atoms with Crippen LogP contribution in [0.25, 0.3) is 0 Å². The van der Waals surface area contributed by atoms with Crippen molar-refractivity contribution in [2.75, 3.05) is 24.9 Å². The van der Waals surface area contributed by atoms with Gasteiger partial charge < -0.3 is 4.90 Å². The second-order valence-electron chi connectivity index (χ2n) is 3.46. The van der Waals surface area contributed by atoms with Gasteiger partial charge >= 0.3 is 5.88 Å². The first-order valence-corrected chi connectivity index (χ1v) is 6.10. The molecule has 6 nitrogen and oxygen atoms in total. The van der Waals surface area contributed by atoms with E-state index in [1.165, 1.54) is 12.1 Å². The standard InChI is InChI=1S/C9H12N2O4S/c1-10(2)8-3-5-9(6-4-8)16(14,15)7-11(12)13/h3-6H,7H2,1-2H3. The number of hydrogen-bond acceptors (Lipinski definition) is 5. The highest BCUT2D eigenvalue weighted by molar-refractivity contribution is 7.91. The van der Waals surface area contributed by atoms with Gasteiger partial charge in [0.15, 0.2) is 0 Å². The SMILES string of the molecule is CN(C)c1ccc(S(=O)(=O)C[N+](=O)[O-])cc1. The highest BCUT2D eigenvalue weighted by Crippen LogP contribution is 2.16. The number of sulfone groups is 1. The zero-order chi connectivity index (χ0) is 12.3. The summed E-state index contributed by atoms with van der Waals surface area (Å²) in [5, 5.41) is 10.2. The Morgan fingerprint density at radius 1 is 1.25 bits per heavy atom. The van der Waals surface area contributed by atoms with Crippen LogP contribution in [0, 0.1) is 10.1 Å². The molecule has 0 fully saturated rings. The van der Waals surface area contributed by atoms with Crippen molar-refractivity contribution in [1.29, 1.82) is 0 Å². The molecule has 0 bridgehead atoms. The van der Waals surface area contributed by atoms with Crippen LogP contribution in [0.2, 0.25) is 0 Å². The maximum Gasteiger partial charge on any atom is 0.305 e. The highest BCUT2D eigenvalue weighted by atomic mass is 32.2. The van der Waals surface area contributed by atoms with Crippen molar-refractivity contribution in [1.82, 2.24) is 0 Å². The predicted molar refractivity (Wildman–Crippen MR) is 59.8 cm³/mol. The molecule has 0 radical (unpaired) electrons. The lowest BCUT2D eigenvalue weighted by atomic mass is 10.3. The van der Waals surface area contributed by atoms with Crippen LogP contribution >= 0.6 is 0 Å². The first-order valence-electron chi connectivity index (χ1n) is 4.45. The third kappa shape index (κ3) is 2.93. The smallest absolute Gasteiger partial charge is 0.305 e. The molecule has 0 unspecified atom stereocenters. The molecule has 0 saturated heterocycles. The Balaban J connectivity index is 3.02. The zero-order valence-corrected chi connectivity index (χ0v) is 9.77. The molecule has 0 aliphatic rings. The second kappa shape index (κ2) is 4.48. The monoisotopic (exact) mass is 244 g/mol. The van der Waals surface area contributed by atoms with E-state index in [0.29, 0.717) is 0 Å². The number of nitrogens with zero attached hydrogens (tertiary/aromatic N) is 2. The van der Waals surface area contributed by atoms with Gasteiger partial charge in [-0.2, -0.15) is 0 Å². The van der Waals surface area contributed by atoms with Crippen LogP contribution in [-0.4, -0.2) is 33.3 Å². The third-order valence-electron chi connectivity index (χ3n) is 1.99. The lowest BCUT2D eigenvalue weighted by Crippen LogP contribution is -2.15. The summed E-state index contributed by atoms with van der Waals surface area (Å²) in [6.45, 7) is 0. The molecule has 0 heterocycles. The first-order chi connectivity index (χ1) is 7.33. The Hall–Kier alpha value is -1.63. The average Bonchev–Trinajstić information content (AvgIpc) is 2.16. The summed E-state index contributed by atoms with van der Waals surface area (Å²) >= 11 is 0. The van der Waals surface area contributed by atoms with Gasteiger partial charge in [-0.05, 0) is 24.3 Å². The summed E-state index contributed by atoms with van der Waals surface area (Å²) in [5.74, 6) is -1.08. The van der Waals surface area contributed by atoms with Crippen molar-refractivity contribution < 1.29 is 13.3 Å². The minimum Gasteiger partial charge on any atom is -0.378 e. The third-order valence-corrected chi connectivity index (χ3v) is 3.53. The second-order valence-corrected chi connectivity index (χ2v) is 5.42. The normalized spacial score (nSPS) is 11.1. The van der Waals surface area contributed by atoms with Gasteiger partial charge in [0.05, 0.1) is 4.90 Å². The van der Waals surface area contributed by atoms with Crippen LogP contribution in [0.1, 0.15) is 0 Å². The molecule has 1 rings (SSSR count). The van der Waals surface area contributed by atoms with Crippen LogP contribution in [0.4, 0.5) is 5.69 Å². The maximum absolute atomic E-state index is 11.5. The van der Waals surface area contributed by atoms with E-state index in [2.05, 4.69) is 0 Å². The van der Waals surface area contributed by atoms with Crippen molar-refractivity contribution in [3.8, 4) is 0 Å². The molecule has 0 spiro atoms. The fourth-order valence-electron chi connectivity index (χ4n) is 1.16. The molecule has 88 valence electrons. The minimum atomic E-state index is -3.82. The Bertz CT molecular complexity index is 479. The summed E-state index contributed by atoms with van der Waals surface area (Å²) in [5.41, 5.74) is 0.833. The maximum atomic E-state index is 11.5. The molecule has 7 heteroatoms. The van der Waals surface area contributed by atoms with Crippen LogP contribution in [0.3, 0.4) is 0 Å². The van der Waals surface area contributed by atoms with E-state index in [9.17, 15) is 18.5 Å². The Labute approximate surface area is 93.6 Å². The van der Waals surface area contributed by atoms with Gasteiger partial charge in [-0.1, -0.05) is 0 Å². The molecule has 0 aliphatic carbocycles. The number of rotatable bonds is 4. The number of hydrogen-bond donors (Lipinski definition) is 0. The quantitative estimate of drug-likeness (QED) is 0.577. The van der Waals surface area contributed by atoms with E-state index in [1.807, 2.05) is 19.0 Å². The van der Waals surface area contributed by atoms with Gasteiger partial charge in [-0.15, -0.1) is 0 Å². The molecule has 0 N–H and O–H groups in total. The van der Waals surface area contributed by atoms with Gasteiger partial charge in [-0.3, -0.25) is 10.1 Å². The summed E-state index contributed by atoms with van der Waals surface area (Å²) in [6, 6.07) is 5.95. The predicted octanol–water partition coefficient (Wildman–Crippen LogP) is 0.761. The summed E-state index contributed by atoms with van der Waals surface area (Å²) in [6.07, 6.45) is 0.